The zero-order valence-electron chi connectivity index (χ0n) is 8.27. The number of aliphatic hydroxyl groups is 1. The highest BCUT2D eigenvalue weighted by atomic mass is 35.5. The van der Waals surface area contributed by atoms with Crippen LogP contribution in [0.3, 0.4) is 0 Å². The predicted octanol–water partition coefficient (Wildman–Crippen LogP) is 3.23. The van der Waals surface area contributed by atoms with Gasteiger partial charge in [-0.25, -0.2) is 0 Å². The Labute approximate surface area is 93.4 Å². The monoisotopic (exact) mass is 234 g/mol. The van der Waals surface area contributed by atoms with Crippen LogP contribution in [0.5, 0.6) is 5.75 Å². The van der Waals surface area contributed by atoms with Crippen LogP contribution in [-0.2, 0) is 5.60 Å². The number of methoxy groups -OCH3 is 1. The van der Waals surface area contributed by atoms with Crippen LogP contribution >= 0.6 is 23.2 Å². The molecule has 0 amide bonds. The van der Waals surface area contributed by atoms with Crippen LogP contribution in [0.1, 0.15) is 19.4 Å². The number of halogens is 2. The van der Waals surface area contributed by atoms with Crippen LogP contribution in [0.2, 0.25) is 10.0 Å². The second-order valence-electron chi connectivity index (χ2n) is 3.50. The Balaban J connectivity index is 3.36. The van der Waals surface area contributed by atoms with Crippen molar-refractivity contribution in [2.45, 2.75) is 19.4 Å². The molecular weight excluding hydrogens is 223 g/mol. The van der Waals surface area contributed by atoms with Gasteiger partial charge in [0.2, 0.25) is 0 Å². The molecule has 0 unspecified atom stereocenters. The van der Waals surface area contributed by atoms with Gasteiger partial charge >= 0.3 is 0 Å². The highest BCUT2D eigenvalue weighted by Gasteiger charge is 2.22. The zero-order valence-corrected chi connectivity index (χ0v) is 9.78. The van der Waals surface area contributed by atoms with Gasteiger partial charge in [0.15, 0.2) is 5.75 Å². The standard InChI is InChI=1S/C10H12Cl2O2/c1-10(2,13)6-4-5-7(11)9(14-3)8(6)12/h4-5,13H,1-3H3. The highest BCUT2D eigenvalue weighted by molar-refractivity contribution is 6.37. The van der Waals surface area contributed by atoms with E-state index in [9.17, 15) is 5.11 Å². The topological polar surface area (TPSA) is 29.5 Å². The van der Waals surface area contributed by atoms with Crippen LogP contribution in [0.4, 0.5) is 0 Å². The lowest BCUT2D eigenvalue weighted by molar-refractivity contribution is 0.0784. The summed E-state index contributed by atoms with van der Waals surface area (Å²) in [5, 5.41) is 10.6. The van der Waals surface area contributed by atoms with Crippen molar-refractivity contribution < 1.29 is 9.84 Å². The van der Waals surface area contributed by atoms with E-state index in [1.165, 1.54) is 7.11 Å². The molecule has 0 fully saturated rings. The fourth-order valence-electron chi connectivity index (χ4n) is 1.19. The van der Waals surface area contributed by atoms with Gasteiger partial charge in [0, 0.05) is 5.56 Å². The summed E-state index contributed by atoms with van der Waals surface area (Å²) in [7, 11) is 1.49. The molecule has 78 valence electrons. The van der Waals surface area contributed by atoms with Crippen molar-refractivity contribution in [2.24, 2.45) is 0 Å². The van der Waals surface area contributed by atoms with E-state index in [1.54, 1.807) is 26.0 Å². The minimum absolute atomic E-state index is 0.354. The third-order valence-corrected chi connectivity index (χ3v) is 2.59. The smallest absolute Gasteiger partial charge is 0.156 e. The van der Waals surface area contributed by atoms with Crippen molar-refractivity contribution >= 4 is 23.2 Å². The summed E-state index contributed by atoms with van der Waals surface area (Å²) >= 11 is 11.9. The van der Waals surface area contributed by atoms with E-state index in [2.05, 4.69) is 0 Å². The van der Waals surface area contributed by atoms with Crippen LogP contribution in [-0.4, -0.2) is 12.2 Å². The second kappa shape index (κ2) is 3.97. The van der Waals surface area contributed by atoms with Crippen molar-refractivity contribution in [3.63, 3.8) is 0 Å². The lowest BCUT2D eigenvalue weighted by Gasteiger charge is -2.20. The first kappa shape index (κ1) is 11.6. The molecule has 0 saturated carbocycles. The van der Waals surface area contributed by atoms with Crippen LogP contribution in [0.15, 0.2) is 12.1 Å². The van der Waals surface area contributed by atoms with Gasteiger partial charge in [0.1, 0.15) is 0 Å². The molecule has 0 atom stereocenters. The molecule has 0 aliphatic carbocycles. The SMILES string of the molecule is COc1c(Cl)ccc(C(C)(C)O)c1Cl. The van der Waals surface area contributed by atoms with Crippen molar-refractivity contribution in [1.29, 1.82) is 0 Å². The molecule has 1 rings (SSSR count). The Hall–Kier alpha value is -0.440. The molecule has 14 heavy (non-hydrogen) atoms. The number of benzene rings is 1. The van der Waals surface area contributed by atoms with E-state index in [4.69, 9.17) is 27.9 Å². The molecule has 1 aromatic carbocycles. The molecule has 0 aliphatic heterocycles. The summed E-state index contributed by atoms with van der Waals surface area (Å²) in [6.07, 6.45) is 0. The molecule has 0 aliphatic rings. The Morgan fingerprint density at radius 3 is 2.29 bits per heavy atom. The fraction of sp³-hybridized carbons (Fsp3) is 0.400. The van der Waals surface area contributed by atoms with Crippen molar-refractivity contribution in [3.05, 3.63) is 27.7 Å². The normalized spacial score (nSPS) is 11.6. The molecular formula is C10H12Cl2O2. The van der Waals surface area contributed by atoms with Gasteiger partial charge in [0.25, 0.3) is 0 Å². The Morgan fingerprint density at radius 1 is 1.29 bits per heavy atom. The van der Waals surface area contributed by atoms with Crippen molar-refractivity contribution in [2.75, 3.05) is 7.11 Å². The minimum atomic E-state index is -1.01. The zero-order chi connectivity index (χ0) is 10.9. The maximum absolute atomic E-state index is 9.80. The highest BCUT2D eigenvalue weighted by Crippen LogP contribution is 2.39. The van der Waals surface area contributed by atoms with E-state index in [0.717, 1.165) is 0 Å². The maximum atomic E-state index is 9.80. The van der Waals surface area contributed by atoms with Gasteiger partial charge in [-0.1, -0.05) is 29.3 Å². The third kappa shape index (κ3) is 2.14. The van der Waals surface area contributed by atoms with Crippen LogP contribution in [0, 0.1) is 0 Å². The van der Waals surface area contributed by atoms with E-state index in [1.807, 2.05) is 0 Å². The maximum Gasteiger partial charge on any atom is 0.156 e. The van der Waals surface area contributed by atoms with Gasteiger partial charge in [-0.3, -0.25) is 0 Å². The first-order valence-electron chi connectivity index (χ1n) is 4.12. The summed E-state index contributed by atoms with van der Waals surface area (Å²) in [5.74, 6) is 0.396. The molecule has 0 heterocycles. The number of hydrogen-bond acceptors (Lipinski definition) is 2. The van der Waals surface area contributed by atoms with Crippen LogP contribution < -0.4 is 4.74 Å². The van der Waals surface area contributed by atoms with E-state index < -0.39 is 5.60 Å². The molecule has 0 aromatic heterocycles. The molecule has 1 N–H and O–H groups in total. The summed E-state index contributed by atoms with van der Waals surface area (Å²) < 4.78 is 5.04. The summed E-state index contributed by atoms with van der Waals surface area (Å²) in [6, 6.07) is 3.34. The first-order chi connectivity index (χ1) is 6.38. The molecule has 2 nitrogen and oxygen atoms in total. The van der Waals surface area contributed by atoms with Gasteiger partial charge in [-0.2, -0.15) is 0 Å². The number of hydrogen-bond donors (Lipinski definition) is 1. The van der Waals surface area contributed by atoms with Crippen LogP contribution in [0.25, 0.3) is 0 Å². The first-order valence-corrected chi connectivity index (χ1v) is 4.88. The lowest BCUT2D eigenvalue weighted by Crippen LogP contribution is -2.16. The Bertz CT molecular complexity index is 343. The van der Waals surface area contributed by atoms with Gasteiger partial charge in [-0.15, -0.1) is 0 Å². The van der Waals surface area contributed by atoms with Crippen molar-refractivity contribution in [3.8, 4) is 5.75 Å². The third-order valence-electron chi connectivity index (χ3n) is 1.91. The van der Waals surface area contributed by atoms with E-state index >= 15 is 0 Å². The summed E-state index contributed by atoms with van der Waals surface area (Å²) in [6.45, 7) is 3.31. The predicted molar refractivity (Wildman–Crippen MR) is 58.3 cm³/mol. The fourth-order valence-corrected chi connectivity index (χ4v) is 1.95. The Morgan fingerprint density at radius 2 is 1.86 bits per heavy atom. The lowest BCUT2D eigenvalue weighted by atomic mass is 9.98. The van der Waals surface area contributed by atoms with Crippen molar-refractivity contribution in [1.82, 2.24) is 0 Å². The average Bonchev–Trinajstić information content (AvgIpc) is 2.02. The summed E-state index contributed by atoms with van der Waals surface area (Å²) in [5.41, 5.74) is -0.407. The molecule has 1 aromatic rings. The second-order valence-corrected chi connectivity index (χ2v) is 4.29. The average molecular weight is 235 g/mol. The minimum Gasteiger partial charge on any atom is -0.494 e. The largest absolute Gasteiger partial charge is 0.494 e. The Kier molecular flexibility index (Phi) is 3.30. The number of ether oxygens (including phenoxy) is 1. The molecule has 0 radical (unpaired) electrons. The van der Waals surface area contributed by atoms with Gasteiger partial charge in [-0.05, 0) is 19.9 Å². The van der Waals surface area contributed by atoms with E-state index in [-0.39, 0.29) is 0 Å². The quantitative estimate of drug-likeness (QED) is 0.852. The molecule has 0 bridgehead atoms. The van der Waals surface area contributed by atoms with Gasteiger partial charge in [0.05, 0.1) is 22.8 Å². The van der Waals surface area contributed by atoms with E-state index in [0.29, 0.717) is 21.4 Å². The number of rotatable bonds is 2. The molecule has 0 saturated heterocycles. The molecule has 4 heteroatoms. The van der Waals surface area contributed by atoms with Gasteiger partial charge < -0.3 is 9.84 Å². The molecule has 0 spiro atoms. The summed E-state index contributed by atoms with van der Waals surface area (Å²) in [4.78, 5) is 0.